The predicted octanol–water partition coefficient (Wildman–Crippen LogP) is 1.39. The fourth-order valence-electron chi connectivity index (χ4n) is 2.37. The molecule has 0 bridgehead atoms. The summed E-state index contributed by atoms with van der Waals surface area (Å²) in [6.45, 7) is 3.83. The Morgan fingerprint density at radius 3 is 2.69 bits per heavy atom. The maximum absolute atomic E-state index is 12.8. The van der Waals surface area contributed by atoms with E-state index < -0.39 is 19.0 Å². The average Bonchev–Trinajstić information content (AvgIpc) is 2.64. The van der Waals surface area contributed by atoms with E-state index in [0.717, 1.165) is 45.3 Å². The highest BCUT2D eigenvalue weighted by atomic mass is 19.3. The van der Waals surface area contributed by atoms with E-state index in [2.05, 4.69) is 25.3 Å². The van der Waals surface area contributed by atoms with Crippen molar-refractivity contribution < 1.29 is 27.1 Å². The molecule has 1 fully saturated rings. The van der Waals surface area contributed by atoms with Crippen LogP contribution in [0.3, 0.4) is 0 Å². The Morgan fingerprint density at radius 2 is 2.08 bits per heavy atom. The quantitative estimate of drug-likeness (QED) is 0.502. The second-order valence-corrected chi connectivity index (χ2v) is 5.94. The molecular formula is C16H22F4N4O2. The summed E-state index contributed by atoms with van der Waals surface area (Å²) in [5, 5.41) is 6.01. The SMILES string of the molecule is O=C(NCCCN1CCNCC1)c1ccc(OCC(F)(F)C(F)F)nc1. The molecule has 0 aliphatic carbocycles. The van der Waals surface area contributed by atoms with E-state index in [4.69, 9.17) is 0 Å². The van der Waals surface area contributed by atoms with Crippen LogP contribution in [0.15, 0.2) is 18.3 Å². The molecule has 26 heavy (non-hydrogen) atoms. The average molecular weight is 378 g/mol. The third-order valence-electron chi connectivity index (χ3n) is 3.88. The van der Waals surface area contributed by atoms with Crippen molar-refractivity contribution in [2.75, 3.05) is 45.9 Å². The van der Waals surface area contributed by atoms with Gasteiger partial charge in [-0.05, 0) is 19.0 Å². The summed E-state index contributed by atoms with van der Waals surface area (Å²) >= 11 is 0. The highest BCUT2D eigenvalue weighted by molar-refractivity contribution is 5.93. The second-order valence-electron chi connectivity index (χ2n) is 5.94. The first-order valence-electron chi connectivity index (χ1n) is 8.34. The second kappa shape index (κ2) is 9.67. The van der Waals surface area contributed by atoms with Gasteiger partial charge in [0.25, 0.3) is 5.91 Å². The lowest BCUT2D eigenvalue weighted by Crippen LogP contribution is -2.44. The first kappa shape index (κ1) is 20.4. The number of piperazine rings is 1. The molecule has 0 saturated carbocycles. The summed E-state index contributed by atoms with van der Waals surface area (Å²) in [6.07, 6.45) is -1.85. The Balaban J connectivity index is 1.70. The number of ether oxygens (including phenoxy) is 1. The van der Waals surface area contributed by atoms with E-state index in [0.29, 0.717) is 6.54 Å². The summed E-state index contributed by atoms with van der Waals surface area (Å²) < 4.78 is 54.2. The number of hydrogen-bond acceptors (Lipinski definition) is 5. The minimum absolute atomic E-state index is 0.236. The predicted molar refractivity (Wildman–Crippen MR) is 86.9 cm³/mol. The van der Waals surface area contributed by atoms with Gasteiger partial charge in [-0.25, -0.2) is 13.8 Å². The topological polar surface area (TPSA) is 66.5 Å². The minimum Gasteiger partial charge on any atom is -0.471 e. The van der Waals surface area contributed by atoms with E-state index in [1.165, 1.54) is 12.1 Å². The van der Waals surface area contributed by atoms with Gasteiger partial charge in [-0.1, -0.05) is 0 Å². The fraction of sp³-hybridized carbons (Fsp3) is 0.625. The van der Waals surface area contributed by atoms with Crippen molar-refractivity contribution >= 4 is 5.91 Å². The van der Waals surface area contributed by atoms with Gasteiger partial charge in [-0.2, -0.15) is 8.78 Å². The zero-order chi connectivity index (χ0) is 19.0. The van der Waals surface area contributed by atoms with Gasteiger partial charge in [0, 0.05) is 45.0 Å². The third-order valence-corrected chi connectivity index (χ3v) is 3.88. The fourth-order valence-corrected chi connectivity index (χ4v) is 2.37. The van der Waals surface area contributed by atoms with Crippen molar-refractivity contribution in [2.45, 2.75) is 18.8 Å². The van der Waals surface area contributed by atoms with Crippen LogP contribution < -0.4 is 15.4 Å². The summed E-state index contributed by atoms with van der Waals surface area (Å²) in [7, 11) is 0. The molecular weight excluding hydrogens is 356 g/mol. The van der Waals surface area contributed by atoms with E-state index >= 15 is 0 Å². The number of amides is 1. The van der Waals surface area contributed by atoms with Crippen molar-refractivity contribution in [3.8, 4) is 5.88 Å². The lowest BCUT2D eigenvalue weighted by Gasteiger charge is -2.27. The van der Waals surface area contributed by atoms with Gasteiger partial charge in [0.1, 0.15) is 0 Å². The smallest absolute Gasteiger partial charge is 0.340 e. The molecule has 1 amide bonds. The number of rotatable bonds is 9. The number of carbonyl (C=O) groups is 1. The van der Waals surface area contributed by atoms with Crippen molar-refractivity contribution in [3.05, 3.63) is 23.9 Å². The Labute approximate surface area is 148 Å². The van der Waals surface area contributed by atoms with Crippen molar-refractivity contribution in [3.63, 3.8) is 0 Å². The standard InChI is InChI=1S/C16H22F4N4O2/c17-15(18)16(19,20)11-26-13-3-2-12(10-23-13)14(25)22-4-1-7-24-8-5-21-6-9-24/h2-3,10,15,21H,1,4-9,11H2,(H,22,25). The van der Waals surface area contributed by atoms with Gasteiger partial charge in [0.15, 0.2) is 6.61 Å². The summed E-state index contributed by atoms with van der Waals surface area (Å²) in [6, 6.07) is 2.53. The van der Waals surface area contributed by atoms with Crippen molar-refractivity contribution in [1.82, 2.24) is 20.5 Å². The van der Waals surface area contributed by atoms with Crippen LogP contribution in [0.2, 0.25) is 0 Å². The number of halogens is 4. The molecule has 6 nitrogen and oxygen atoms in total. The highest BCUT2D eigenvalue weighted by Gasteiger charge is 2.41. The van der Waals surface area contributed by atoms with Gasteiger partial charge in [-0.3, -0.25) is 4.79 Å². The van der Waals surface area contributed by atoms with Crippen LogP contribution in [0.25, 0.3) is 0 Å². The summed E-state index contributed by atoms with van der Waals surface area (Å²) in [5.41, 5.74) is 0.236. The maximum atomic E-state index is 12.8. The number of nitrogens with one attached hydrogen (secondary N) is 2. The number of pyridine rings is 1. The van der Waals surface area contributed by atoms with E-state index in [-0.39, 0.29) is 17.4 Å². The minimum atomic E-state index is -4.25. The van der Waals surface area contributed by atoms with Crippen LogP contribution >= 0.6 is 0 Å². The molecule has 1 aromatic rings. The molecule has 146 valence electrons. The van der Waals surface area contributed by atoms with E-state index in [1.54, 1.807) is 0 Å². The Kier molecular flexibility index (Phi) is 7.58. The molecule has 2 heterocycles. The number of nitrogens with zero attached hydrogens (tertiary/aromatic N) is 2. The van der Waals surface area contributed by atoms with Crippen LogP contribution in [0.4, 0.5) is 17.6 Å². The lowest BCUT2D eigenvalue weighted by atomic mass is 10.2. The normalized spacial score (nSPS) is 15.9. The molecule has 2 rings (SSSR count). The summed E-state index contributed by atoms with van der Waals surface area (Å²) in [4.78, 5) is 18.0. The van der Waals surface area contributed by atoms with Crippen LogP contribution in [0, 0.1) is 0 Å². The van der Waals surface area contributed by atoms with Crippen LogP contribution in [0.5, 0.6) is 5.88 Å². The molecule has 2 N–H and O–H groups in total. The first-order valence-corrected chi connectivity index (χ1v) is 8.34. The van der Waals surface area contributed by atoms with Crippen molar-refractivity contribution in [1.29, 1.82) is 0 Å². The monoisotopic (exact) mass is 378 g/mol. The Hall–Kier alpha value is -1.94. The van der Waals surface area contributed by atoms with Gasteiger partial charge in [0.05, 0.1) is 5.56 Å². The number of hydrogen-bond donors (Lipinski definition) is 2. The molecule has 0 atom stereocenters. The number of carbonyl (C=O) groups excluding carboxylic acids is 1. The largest absolute Gasteiger partial charge is 0.471 e. The molecule has 1 aliphatic heterocycles. The highest BCUT2D eigenvalue weighted by Crippen LogP contribution is 2.23. The van der Waals surface area contributed by atoms with Gasteiger partial charge >= 0.3 is 12.3 Å². The van der Waals surface area contributed by atoms with Crippen molar-refractivity contribution in [2.24, 2.45) is 0 Å². The zero-order valence-corrected chi connectivity index (χ0v) is 14.2. The van der Waals surface area contributed by atoms with Gasteiger partial charge in [-0.15, -0.1) is 0 Å². The number of aromatic nitrogens is 1. The summed E-state index contributed by atoms with van der Waals surface area (Å²) in [5.74, 6) is -4.84. The lowest BCUT2D eigenvalue weighted by molar-refractivity contribution is -0.148. The van der Waals surface area contributed by atoms with Gasteiger partial charge in [0.2, 0.25) is 5.88 Å². The molecule has 1 aliphatic rings. The van der Waals surface area contributed by atoms with Crippen LogP contribution in [0.1, 0.15) is 16.8 Å². The molecule has 1 saturated heterocycles. The maximum Gasteiger partial charge on any atom is 0.340 e. The van der Waals surface area contributed by atoms with Crippen LogP contribution in [-0.2, 0) is 0 Å². The molecule has 10 heteroatoms. The molecule has 0 radical (unpaired) electrons. The van der Waals surface area contributed by atoms with E-state index in [1.807, 2.05) is 0 Å². The molecule has 0 unspecified atom stereocenters. The molecule has 0 aromatic carbocycles. The number of alkyl halides is 4. The molecule has 1 aromatic heterocycles. The molecule has 0 spiro atoms. The van der Waals surface area contributed by atoms with Crippen LogP contribution in [-0.4, -0.2) is 74.0 Å². The van der Waals surface area contributed by atoms with Gasteiger partial charge < -0.3 is 20.3 Å². The Bertz CT molecular complexity index is 566. The zero-order valence-electron chi connectivity index (χ0n) is 14.2. The first-order chi connectivity index (χ1) is 12.4. The Morgan fingerprint density at radius 1 is 1.35 bits per heavy atom. The third kappa shape index (κ3) is 6.41. The van der Waals surface area contributed by atoms with E-state index in [9.17, 15) is 22.4 Å².